The molecule has 0 aliphatic rings. The normalized spacial score (nSPS) is 10.9. The van der Waals surface area contributed by atoms with Crippen molar-refractivity contribution < 1.29 is 9.72 Å². The average Bonchev–Trinajstić information content (AvgIpc) is 3.13. The number of nitrogens with one attached hydrogen (secondary N) is 1. The molecule has 9 heteroatoms. The smallest absolute Gasteiger partial charge is 0.274 e. The molecule has 0 bridgehead atoms. The van der Waals surface area contributed by atoms with E-state index in [2.05, 4.69) is 39.8 Å². The van der Waals surface area contributed by atoms with E-state index < -0.39 is 4.92 Å². The quantitative estimate of drug-likeness (QED) is 0.254. The molecular weight excluding hydrogens is 426 g/mol. The fourth-order valence-electron chi connectivity index (χ4n) is 3.45. The van der Waals surface area contributed by atoms with Crippen molar-refractivity contribution in [1.82, 2.24) is 14.8 Å². The van der Waals surface area contributed by atoms with Crippen molar-refractivity contribution >= 4 is 39.8 Å². The predicted molar refractivity (Wildman–Crippen MR) is 125 cm³/mol. The lowest BCUT2D eigenvalue weighted by molar-refractivity contribution is -0.385. The molecule has 0 saturated heterocycles. The molecule has 0 atom stereocenters. The number of hydrogen-bond acceptors (Lipinski definition) is 6. The van der Waals surface area contributed by atoms with Crippen molar-refractivity contribution in [3.05, 3.63) is 87.7 Å². The van der Waals surface area contributed by atoms with Crippen LogP contribution in [0.1, 0.15) is 17.0 Å². The van der Waals surface area contributed by atoms with Gasteiger partial charge in [-0.3, -0.25) is 14.9 Å². The topological polar surface area (TPSA) is 103 Å². The third-order valence-electron chi connectivity index (χ3n) is 5.18. The minimum Gasteiger partial charge on any atom is -0.325 e. The first-order valence-electron chi connectivity index (χ1n) is 9.95. The third-order valence-corrected chi connectivity index (χ3v) is 6.20. The number of nitro benzene ring substituents is 1. The van der Waals surface area contributed by atoms with Crippen LogP contribution in [0.4, 0.5) is 11.4 Å². The molecule has 1 aromatic heterocycles. The lowest BCUT2D eigenvalue weighted by Crippen LogP contribution is -2.14. The van der Waals surface area contributed by atoms with Crippen LogP contribution in [0.25, 0.3) is 10.8 Å². The molecule has 1 heterocycles. The van der Waals surface area contributed by atoms with Crippen LogP contribution in [0.5, 0.6) is 0 Å². The molecule has 4 rings (SSSR count). The summed E-state index contributed by atoms with van der Waals surface area (Å²) in [7, 11) is 1.88. The molecule has 0 spiro atoms. The lowest BCUT2D eigenvalue weighted by Gasteiger charge is -2.08. The summed E-state index contributed by atoms with van der Waals surface area (Å²) in [5.41, 5.74) is 2.07. The van der Waals surface area contributed by atoms with Crippen molar-refractivity contribution in [2.75, 3.05) is 11.1 Å². The second-order valence-corrected chi connectivity index (χ2v) is 8.31. The summed E-state index contributed by atoms with van der Waals surface area (Å²) in [5, 5.41) is 25.3. The van der Waals surface area contributed by atoms with Crippen LogP contribution >= 0.6 is 11.8 Å². The molecule has 32 heavy (non-hydrogen) atoms. The Morgan fingerprint density at radius 2 is 1.91 bits per heavy atom. The number of hydrogen-bond donors (Lipinski definition) is 1. The number of thioether (sulfide) groups is 1. The first kappa shape index (κ1) is 21.5. The maximum absolute atomic E-state index is 12.3. The van der Waals surface area contributed by atoms with Crippen molar-refractivity contribution in [2.24, 2.45) is 7.05 Å². The lowest BCUT2D eigenvalue weighted by atomic mass is 10.0. The van der Waals surface area contributed by atoms with E-state index in [1.165, 1.54) is 28.6 Å². The van der Waals surface area contributed by atoms with Gasteiger partial charge in [-0.05, 0) is 29.3 Å². The van der Waals surface area contributed by atoms with Gasteiger partial charge in [-0.25, -0.2) is 0 Å². The molecule has 3 aromatic carbocycles. The second kappa shape index (κ2) is 9.19. The van der Waals surface area contributed by atoms with Crippen molar-refractivity contribution in [3.63, 3.8) is 0 Å². The zero-order chi connectivity index (χ0) is 22.7. The van der Waals surface area contributed by atoms with Gasteiger partial charge in [-0.2, -0.15) is 0 Å². The van der Waals surface area contributed by atoms with Crippen molar-refractivity contribution in [1.29, 1.82) is 0 Å². The summed E-state index contributed by atoms with van der Waals surface area (Å²) in [6.45, 7) is 1.66. The van der Waals surface area contributed by atoms with Gasteiger partial charge in [0.15, 0.2) is 5.16 Å². The summed E-state index contributed by atoms with van der Waals surface area (Å²) in [5.74, 6) is 0.646. The molecule has 0 saturated carbocycles. The molecule has 8 nitrogen and oxygen atoms in total. The SMILES string of the molecule is Cc1ccc(NC(=O)CSc2nnc(Cc3cccc4ccccc34)n2C)cc1[N+](=O)[O-]. The number of carbonyl (C=O) groups excluding carboxylic acids is 1. The standard InChI is InChI=1S/C23H21N5O3S/c1-15-10-11-18(13-20(15)28(30)31)24-22(29)14-32-23-26-25-21(27(23)2)12-17-8-5-7-16-6-3-4-9-19(16)17/h3-11,13H,12,14H2,1-2H3,(H,24,29). The molecule has 1 amide bonds. The van der Waals surface area contributed by atoms with Gasteiger partial charge in [0.25, 0.3) is 5.69 Å². The highest BCUT2D eigenvalue weighted by Crippen LogP contribution is 2.24. The Balaban J connectivity index is 1.41. The Morgan fingerprint density at radius 3 is 2.72 bits per heavy atom. The Morgan fingerprint density at radius 1 is 1.12 bits per heavy atom. The maximum atomic E-state index is 12.3. The molecule has 1 N–H and O–H groups in total. The number of rotatable bonds is 7. The molecule has 0 aliphatic heterocycles. The molecular formula is C23H21N5O3S. The highest BCUT2D eigenvalue weighted by atomic mass is 32.2. The van der Waals surface area contributed by atoms with Gasteiger partial charge in [0.1, 0.15) is 5.82 Å². The summed E-state index contributed by atoms with van der Waals surface area (Å²) in [4.78, 5) is 23.0. The number of aryl methyl sites for hydroxylation is 1. The summed E-state index contributed by atoms with van der Waals surface area (Å²) in [6.07, 6.45) is 0.630. The highest BCUT2D eigenvalue weighted by Gasteiger charge is 2.15. The predicted octanol–water partition coefficient (Wildman–Crippen LogP) is 4.51. The number of amides is 1. The van der Waals surface area contributed by atoms with E-state index in [9.17, 15) is 14.9 Å². The van der Waals surface area contributed by atoms with Gasteiger partial charge < -0.3 is 9.88 Å². The molecule has 4 aromatic rings. The van der Waals surface area contributed by atoms with Crippen LogP contribution < -0.4 is 5.32 Å². The fourth-order valence-corrected chi connectivity index (χ4v) is 4.18. The van der Waals surface area contributed by atoms with Crippen LogP contribution in [0.15, 0.2) is 65.8 Å². The number of fused-ring (bicyclic) bond motifs is 1. The maximum Gasteiger partial charge on any atom is 0.274 e. The Kier molecular flexibility index (Phi) is 6.18. The first-order valence-corrected chi connectivity index (χ1v) is 10.9. The van der Waals surface area contributed by atoms with Gasteiger partial charge in [-0.1, -0.05) is 60.3 Å². The number of benzene rings is 3. The average molecular weight is 448 g/mol. The zero-order valence-corrected chi connectivity index (χ0v) is 18.4. The highest BCUT2D eigenvalue weighted by molar-refractivity contribution is 7.99. The van der Waals surface area contributed by atoms with E-state index in [1.807, 2.05) is 29.8 Å². The monoisotopic (exact) mass is 447 g/mol. The van der Waals surface area contributed by atoms with Crippen LogP contribution in [0.2, 0.25) is 0 Å². The van der Waals surface area contributed by atoms with Gasteiger partial charge in [0.05, 0.1) is 10.7 Å². The van der Waals surface area contributed by atoms with Crippen LogP contribution in [-0.2, 0) is 18.3 Å². The van der Waals surface area contributed by atoms with Crippen molar-refractivity contribution in [2.45, 2.75) is 18.5 Å². The Labute approximate surface area is 188 Å². The molecule has 0 radical (unpaired) electrons. The van der Waals surface area contributed by atoms with Crippen LogP contribution in [-0.4, -0.2) is 31.3 Å². The molecule has 0 fully saturated rings. The first-order chi connectivity index (χ1) is 15.4. The van der Waals surface area contributed by atoms with Gasteiger partial charge in [0.2, 0.25) is 5.91 Å². The summed E-state index contributed by atoms with van der Waals surface area (Å²) < 4.78 is 1.89. The van der Waals surface area contributed by atoms with Gasteiger partial charge in [-0.15, -0.1) is 10.2 Å². The van der Waals surface area contributed by atoms with E-state index in [0.29, 0.717) is 22.8 Å². The van der Waals surface area contributed by atoms with E-state index >= 15 is 0 Å². The fraction of sp³-hybridized carbons (Fsp3) is 0.174. The van der Waals surface area contributed by atoms with Gasteiger partial charge in [0, 0.05) is 30.8 Å². The zero-order valence-electron chi connectivity index (χ0n) is 17.6. The number of aromatic nitrogens is 3. The number of carbonyl (C=O) groups is 1. The summed E-state index contributed by atoms with van der Waals surface area (Å²) in [6, 6.07) is 19.0. The minimum absolute atomic E-state index is 0.0261. The van der Waals surface area contributed by atoms with Gasteiger partial charge >= 0.3 is 0 Å². The molecule has 0 aliphatic carbocycles. The Hall–Kier alpha value is -3.72. The minimum atomic E-state index is -0.462. The van der Waals surface area contributed by atoms with E-state index in [4.69, 9.17) is 0 Å². The Bertz CT molecular complexity index is 1310. The van der Waals surface area contributed by atoms with Crippen molar-refractivity contribution in [3.8, 4) is 0 Å². The van der Waals surface area contributed by atoms with Crippen LogP contribution in [0.3, 0.4) is 0 Å². The number of nitrogens with zero attached hydrogens (tertiary/aromatic N) is 4. The van der Waals surface area contributed by atoms with E-state index in [-0.39, 0.29) is 17.3 Å². The number of nitro groups is 1. The largest absolute Gasteiger partial charge is 0.325 e. The van der Waals surface area contributed by atoms with E-state index in [1.54, 1.807) is 19.1 Å². The van der Waals surface area contributed by atoms with E-state index in [0.717, 1.165) is 11.4 Å². The molecule has 162 valence electrons. The molecule has 0 unspecified atom stereocenters. The number of anilines is 1. The third kappa shape index (κ3) is 4.62. The summed E-state index contributed by atoms with van der Waals surface area (Å²) >= 11 is 1.27. The second-order valence-electron chi connectivity index (χ2n) is 7.37. The van der Waals surface area contributed by atoms with Crippen LogP contribution in [0, 0.1) is 17.0 Å².